The maximum absolute atomic E-state index is 11.8. The first kappa shape index (κ1) is 14.0. The molecule has 5 heteroatoms. The number of rotatable bonds is 4. The van der Waals surface area contributed by atoms with Gasteiger partial charge >= 0.3 is 0 Å². The van der Waals surface area contributed by atoms with Crippen molar-refractivity contribution in [1.29, 1.82) is 0 Å². The highest BCUT2D eigenvalue weighted by Crippen LogP contribution is 2.32. The Hall–Kier alpha value is -2.95. The fraction of sp³-hybridized carbons (Fsp3) is 0.118. The molecule has 22 heavy (non-hydrogen) atoms. The molecule has 3 aromatic rings. The van der Waals surface area contributed by atoms with Crippen LogP contribution in [0.1, 0.15) is 0 Å². The molecular weight excluding hydrogens is 280 g/mol. The summed E-state index contributed by atoms with van der Waals surface area (Å²) in [5.74, 6) is 1.27. The molecule has 0 radical (unpaired) electrons. The van der Waals surface area contributed by atoms with Crippen molar-refractivity contribution in [2.45, 2.75) is 0 Å². The lowest BCUT2D eigenvalue weighted by Crippen LogP contribution is -2.04. The highest BCUT2D eigenvalue weighted by molar-refractivity contribution is 5.66. The fourth-order valence-corrected chi connectivity index (χ4v) is 2.38. The largest absolute Gasteiger partial charge is 0.493 e. The Bertz CT molecular complexity index is 835. The van der Waals surface area contributed by atoms with Gasteiger partial charge in [0.05, 0.1) is 25.6 Å². The first-order valence-electron chi connectivity index (χ1n) is 6.83. The van der Waals surface area contributed by atoms with Crippen LogP contribution in [0.4, 0.5) is 0 Å². The molecule has 0 saturated heterocycles. The van der Waals surface area contributed by atoms with Crippen molar-refractivity contribution in [3.05, 3.63) is 65.0 Å². The zero-order chi connectivity index (χ0) is 15.5. The van der Waals surface area contributed by atoms with Gasteiger partial charge < -0.3 is 9.47 Å². The minimum atomic E-state index is -0.159. The van der Waals surface area contributed by atoms with Crippen molar-refractivity contribution in [3.63, 3.8) is 0 Å². The molecule has 0 amide bonds. The van der Waals surface area contributed by atoms with Crippen LogP contribution in [0.2, 0.25) is 0 Å². The number of ether oxygens (including phenoxy) is 2. The van der Waals surface area contributed by atoms with Crippen molar-refractivity contribution >= 4 is 0 Å². The van der Waals surface area contributed by atoms with Crippen LogP contribution in [0.15, 0.2) is 59.4 Å². The highest BCUT2D eigenvalue weighted by Gasteiger charge is 2.12. The molecule has 1 heterocycles. The zero-order valence-electron chi connectivity index (χ0n) is 12.4. The number of H-pyrrole nitrogens is 1. The minimum absolute atomic E-state index is 0.159. The van der Waals surface area contributed by atoms with Gasteiger partial charge in [-0.3, -0.25) is 14.6 Å². The predicted octanol–water partition coefficient (Wildman–Crippen LogP) is 2.85. The van der Waals surface area contributed by atoms with Crippen molar-refractivity contribution in [3.8, 4) is 28.4 Å². The Morgan fingerprint density at radius 3 is 2.32 bits per heavy atom. The van der Waals surface area contributed by atoms with E-state index < -0.39 is 0 Å². The van der Waals surface area contributed by atoms with Crippen LogP contribution in [0.3, 0.4) is 0 Å². The second-order valence-electron chi connectivity index (χ2n) is 4.75. The minimum Gasteiger partial charge on any atom is -0.493 e. The quantitative estimate of drug-likeness (QED) is 0.805. The molecule has 3 rings (SSSR count). The Balaban J connectivity index is 2.15. The molecule has 0 aliphatic heterocycles. The third-order valence-electron chi connectivity index (χ3n) is 3.42. The zero-order valence-corrected chi connectivity index (χ0v) is 12.4. The molecule has 0 aliphatic rings. The number of para-hydroxylation sites is 1. The van der Waals surface area contributed by atoms with Gasteiger partial charge in [0, 0.05) is 11.6 Å². The molecule has 1 aromatic heterocycles. The first-order valence-corrected chi connectivity index (χ1v) is 6.83. The van der Waals surface area contributed by atoms with Crippen LogP contribution in [-0.2, 0) is 0 Å². The lowest BCUT2D eigenvalue weighted by molar-refractivity contribution is 0.355. The molecule has 0 saturated carbocycles. The van der Waals surface area contributed by atoms with Gasteiger partial charge in [-0.05, 0) is 30.3 Å². The van der Waals surface area contributed by atoms with E-state index in [0.29, 0.717) is 11.5 Å². The SMILES string of the molecule is COc1ccc(-c2cc(=O)[nH]n2-c2ccccc2)cc1OC. The molecule has 1 N–H and O–H groups in total. The Morgan fingerprint density at radius 2 is 1.64 bits per heavy atom. The van der Waals surface area contributed by atoms with Crippen molar-refractivity contribution in [2.75, 3.05) is 14.2 Å². The summed E-state index contributed by atoms with van der Waals surface area (Å²) in [6.45, 7) is 0. The molecule has 0 aliphatic carbocycles. The molecule has 0 fully saturated rings. The Morgan fingerprint density at radius 1 is 0.909 bits per heavy atom. The second-order valence-corrected chi connectivity index (χ2v) is 4.75. The molecule has 0 bridgehead atoms. The molecule has 0 unspecified atom stereocenters. The first-order chi connectivity index (χ1) is 10.7. The Labute approximate surface area is 127 Å². The van der Waals surface area contributed by atoms with E-state index in [1.165, 1.54) is 0 Å². The van der Waals surface area contributed by atoms with Crippen LogP contribution in [0.25, 0.3) is 16.9 Å². The number of benzene rings is 2. The van der Waals surface area contributed by atoms with Gasteiger partial charge in [-0.2, -0.15) is 0 Å². The second kappa shape index (κ2) is 5.81. The van der Waals surface area contributed by atoms with E-state index in [-0.39, 0.29) is 5.56 Å². The van der Waals surface area contributed by atoms with E-state index in [4.69, 9.17) is 9.47 Å². The van der Waals surface area contributed by atoms with Crippen LogP contribution in [0.5, 0.6) is 11.5 Å². The van der Waals surface area contributed by atoms with Gasteiger partial charge in [-0.15, -0.1) is 0 Å². The molecule has 5 nitrogen and oxygen atoms in total. The van der Waals surface area contributed by atoms with Crippen LogP contribution in [-0.4, -0.2) is 24.0 Å². The standard InChI is InChI=1S/C17H16N2O3/c1-21-15-9-8-12(10-16(15)22-2)14-11-17(20)18-19(14)13-6-4-3-5-7-13/h3-11H,1-2H3,(H,18,20). The number of hydrogen-bond donors (Lipinski definition) is 1. The van der Waals surface area contributed by atoms with Crippen LogP contribution < -0.4 is 15.0 Å². The fourth-order valence-electron chi connectivity index (χ4n) is 2.38. The average molecular weight is 296 g/mol. The van der Waals surface area contributed by atoms with Gasteiger partial charge in [0.2, 0.25) is 0 Å². The highest BCUT2D eigenvalue weighted by atomic mass is 16.5. The van der Waals surface area contributed by atoms with Crippen molar-refractivity contribution in [2.24, 2.45) is 0 Å². The molecular formula is C17H16N2O3. The van der Waals surface area contributed by atoms with Crippen LogP contribution in [0, 0.1) is 0 Å². The van der Waals surface area contributed by atoms with Gasteiger partial charge in [0.15, 0.2) is 11.5 Å². The monoisotopic (exact) mass is 296 g/mol. The lowest BCUT2D eigenvalue weighted by atomic mass is 10.1. The van der Waals surface area contributed by atoms with E-state index >= 15 is 0 Å². The average Bonchev–Trinajstić information content (AvgIpc) is 2.97. The maximum Gasteiger partial charge on any atom is 0.265 e. The van der Waals surface area contributed by atoms with Crippen molar-refractivity contribution in [1.82, 2.24) is 9.78 Å². The molecule has 112 valence electrons. The van der Waals surface area contributed by atoms with Gasteiger partial charge in [-0.1, -0.05) is 18.2 Å². The molecule has 0 spiro atoms. The van der Waals surface area contributed by atoms with E-state index in [0.717, 1.165) is 16.9 Å². The van der Waals surface area contributed by atoms with E-state index in [1.807, 2.05) is 48.5 Å². The number of methoxy groups -OCH3 is 2. The third kappa shape index (κ3) is 2.48. The van der Waals surface area contributed by atoms with Crippen LogP contribution >= 0.6 is 0 Å². The van der Waals surface area contributed by atoms with E-state index in [1.54, 1.807) is 25.0 Å². The smallest absolute Gasteiger partial charge is 0.265 e. The van der Waals surface area contributed by atoms with E-state index in [9.17, 15) is 4.79 Å². The number of hydrogen-bond acceptors (Lipinski definition) is 3. The summed E-state index contributed by atoms with van der Waals surface area (Å²) in [6.07, 6.45) is 0. The van der Waals surface area contributed by atoms with Gasteiger partial charge in [0.25, 0.3) is 5.56 Å². The number of aromatic nitrogens is 2. The predicted molar refractivity (Wildman–Crippen MR) is 84.9 cm³/mol. The summed E-state index contributed by atoms with van der Waals surface area (Å²) in [4.78, 5) is 11.8. The number of aromatic amines is 1. The molecule has 0 atom stereocenters. The third-order valence-corrected chi connectivity index (χ3v) is 3.42. The lowest BCUT2D eigenvalue weighted by Gasteiger charge is -2.11. The normalized spacial score (nSPS) is 10.5. The van der Waals surface area contributed by atoms with Gasteiger partial charge in [0.1, 0.15) is 0 Å². The summed E-state index contributed by atoms with van der Waals surface area (Å²) in [5, 5.41) is 2.81. The summed E-state index contributed by atoms with van der Waals surface area (Å²) >= 11 is 0. The number of nitrogens with one attached hydrogen (secondary N) is 1. The molecule has 2 aromatic carbocycles. The van der Waals surface area contributed by atoms with E-state index in [2.05, 4.69) is 5.10 Å². The summed E-state index contributed by atoms with van der Waals surface area (Å²) in [7, 11) is 3.18. The van der Waals surface area contributed by atoms with Gasteiger partial charge in [-0.25, -0.2) is 0 Å². The van der Waals surface area contributed by atoms with Crippen molar-refractivity contribution < 1.29 is 9.47 Å². The topological polar surface area (TPSA) is 56.2 Å². The maximum atomic E-state index is 11.8. The number of nitrogens with zero attached hydrogens (tertiary/aromatic N) is 1. The summed E-state index contributed by atoms with van der Waals surface area (Å²) in [5.41, 5.74) is 2.35. The summed E-state index contributed by atoms with van der Waals surface area (Å²) < 4.78 is 12.3. The Kier molecular flexibility index (Phi) is 3.70. The summed E-state index contributed by atoms with van der Waals surface area (Å²) in [6, 6.07) is 16.8.